The Hall–Kier alpha value is -1.63. The van der Waals surface area contributed by atoms with Crippen molar-refractivity contribution < 1.29 is 14.3 Å². The van der Waals surface area contributed by atoms with E-state index >= 15 is 0 Å². The smallest absolute Gasteiger partial charge is 0.313 e. The zero-order chi connectivity index (χ0) is 17.9. The first-order valence-electron chi connectivity index (χ1n) is 8.68. The van der Waals surface area contributed by atoms with Gasteiger partial charge in [0.2, 0.25) is 0 Å². The molecule has 0 aromatic heterocycles. The second-order valence-corrected chi connectivity index (χ2v) is 7.19. The number of halogens is 1. The van der Waals surface area contributed by atoms with E-state index in [-0.39, 0.29) is 5.54 Å². The van der Waals surface area contributed by atoms with Crippen LogP contribution < -0.4 is 10.6 Å². The molecule has 1 saturated heterocycles. The quantitative estimate of drug-likeness (QED) is 0.800. The molecule has 1 saturated carbocycles. The highest BCUT2D eigenvalue weighted by atomic mass is 35.5. The Balaban J connectivity index is 1.54. The summed E-state index contributed by atoms with van der Waals surface area (Å²) >= 11 is 6.04. The lowest BCUT2D eigenvalue weighted by Gasteiger charge is -2.51. The topological polar surface area (TPSA) is 70.7 Å². The second-order valence-electron chi connectivity index (χ2n) is 6.78. The Labute approximate surface area is 152 Å². The molecule has 2 fully saturated rings. The zero-order valence-corrected chi connectivity index (χ0v) is 15.2. The lowest BCUT2D eigenvalue weighted by molar-refractivity contribution is -0.137. The number of anilines is 1. The van der Waals surface area contributed by atoms with Gasteiger partial charge in [0, 0.05) is 35.9 Å². The molecule has 0 bridgehead atoms. The number of ether oxygens (including phenoxy) is 1. The van der Waals surface area contributed by atoms with Gasteiger partial charge in [-0.25, -0.2) is 0 Å². The third-order valence-electron chi connectivity index (χ3n) is 5.18. The van der Waals surface area contributed by atoms with E-state index in [4.69, 9.17) is 16.3 Å². The Kier molecular flexibility index (Phi) is 5.61. The first kappa shape index (κ1) is 18.2. The largest absolute Gasteiger partial charge is 0.379 e. The van der Waals surface area contributed by atoms with Crippen molar-refractivity contribution in [2.75, 3.05) is 38.2 Å². The van der Waals surface area contributed by atoms with Crippen LogP contribution in [-0.4, -0.2) is 55.1 Å². The SMILES string of the molecule is Cc1ccc(NC(=O)C(=O)NCC2(N3CCOCC3)CCC2)cc1Cl. The molecule has 1 aromatic rings. The number of morpholine rings is 1. The first-order valence-corrected chi connectivity index (χ1v) is 9.06. The van der Waals surface area contributed by atoms with Crippen LogP contribution in [0, 0.1) is 6.92 Å². The number of nitrogens with zero attached hydrogens (tertiary/aromatic N) is 1. The number of aryl methyl sites for hydroxylation is 1. The van der Waals surface area contributed by atoms with E-state index in [9.17, 15) is 9.59 Å². The minimum atomic E-state index is -0.670. The molecule has 1 aliphatic carbocycles. The molecule has 3 rings (SSSR count). The summed E-state index contributed by atoms with van der Waals surface area (Å²) in [5.74, 6) is -1.28. The summed E-state index contributed by atoms with van der Waals surface area (Å²) in [6.07, 6.45) is 3.24. The lowest BCUT2D eigenvalue weighted by atomic mass is 9.75. The predicted molar refractivity (Wildman–Crippen MR) is 96.8 cm³/mol. The van der Waals surface area contributed by atoms with Gasteiger partial charge in [-0.1, -0.05) is 17.7 Å². The summed E-state index contributed by atoms with van der Waals surface area (Å²) in [5.41, 5.74) is 1.41. The van der Waals surface area contributed by atoms with Gasteiger partial charge in [-0.15, -0.1) is 0 Å². The molecular formula is C18H24ClN3O3. The second kappa shape index (κ2) is 7.72. The summed E-state index contributed by atoms with van der Waals surface area (Å²) in [6.45, 7) is 5.58. The van der Waals surface area contributed by atoms with E-state index in [1.807, 2.05) is 6.92 Å². The summed E-state index contributed by atoms with van der Waals surface area (Å²) in [7, 11) is 0. The van der Waals surface area contributed by atoms with Crippen molar-refractivity contribution in [1.29, 1.82) is 0 Å². The first-order chi connectivity index (χ1) is 12.0. The van der Waals surface area contributed by atoms with E-state index < -0.39 is 11.8 Å². The van der Waals surface area contributed by atoms with Crippen LogP contribution in [0.25, 0.3) is 0 Å². The highest BCUT2D eigenvalue weighted by molar-refractivity contribution is 6.39. The predicted octanol–water partition coefficient (Wildman–Crippen LogP) is 1.96. The van der Waals surface area contributed by atoms with Gasteiger partial charge in [0.15, 0.2) is 0 Å². The van der Waals surface area contributed by atoms with Gasteiger partial charge in [0.25, 0.3) is 0 Å². The molecule has 7 heteroatoms. The zero-order valence-electron chi connectivity index (χ0n) is 14.4. The van der Waals surface area contributed by atoms with E-state index in [2.05, 4.69) is 15.5 Å². The van der Waals surface area contributed by atoms with Gasteiger partial charge in [0.1, 0.15) is 0 Å². The summed E-state index contributed by atoms with van der Waals surface area (Å²) in [4.78, 5) is 26.7. The van der Waals surface area contributed by atoms with Crippen molar-refractivity contribution in [2.24, 2.45) is 0 Å². The molecule has 2 N–H and O–H groups in total. The molecule has 136 valence electrons. The maximum absolute atomic E-state index is 12.2. The Morgan fingerprint density at radius 2 is 1.96 bits per heavy atom. The summed E-state index contributed by atoms with van der Waals surface area (Å²) in [5, 5.41) is 5.95. The molecule has 1 aliphatic heterocycles. The molecule has 0 spiro atoms. The van der Waals surface area contributed by atoms with Crippen LogP contribution in [0.2, 0.25) is 5.02 Å². The van der Waals surface area contributed by atoms with Gasteiger partial charge in [0.05, 0.1) is 13.2 Å². The third kappa shape index (κ3) is 4.14. The fourth-order valence-electron chi connectivity index (χ4n) is 3.41. The lowest BCUT2D eigenvalue weighted by Crippen LogP contribution is -2.63. The number of rotatable bonds is 4. The van der Waals surface area contributed by atoms with Crippen LogP contribution in [0.3, 0.4) is 0 Å². The highest BCUT2D eigenvalue weighted by Gasteiger charge is 2.43. The van der Waals surface area contributed by atoms with Crippen molar-refractivity contribution in [3.8, 4) is 0 Å². The van der Waals surface area contributed by atoms with Gasteiger partial charge >= 0.3 is 11.8 Å². The number of carbonyl (C=O) groups is 2. The van der Waals surface area contributed by atoms with E-state index in [1.165, 1.54) is 0 Å². The van der Waals surface area contributed by atoms with Crippen molar-refractivity contribution in [1.82, 2.24) is 10.2 Å². The van der Waals surface area contributed by atoms with Gasteiger partial charge < -0.3 is 15.4 Å². The molecule has 2 aliphatic rings. The molecule has 6 nitrogen and oxygen atoms in total. The molecule has 2 amide bonds. The van der Waals surface area contributed by atoms with Crippen LogP contribution >= 0.6 is 11.6 Å². The van der Waals surface area contributed by atoms with Crippen molar-refractivity contribution >= 4 is 29.1 Å². The van der Waals surface area contributed by atoms with E-state index in [0.717, 1.165) is 51.1 Å². The number of amides is 2. The van der Waals surface area contributed by atoms with Crippen LogP contribution in [-0.2, 0) is 14.3 Å². The standard InChI is InChI=1S/C18H24ClN3O3/c1-13-3-4-14(11-15(13)19)21-17(24)16(23)20-12-18(5-2-6-18)22-7-9-25-10-8-22/h3-4,11H,2,5-10,12H2,1H3,(H,20,23)(H,21,24). The monoisotopic (exact) mass is 365 g/mol. The average molecular weight is 366 g/mol. The molecular weight excluding hydrogens is 342 g/mol. The number of benzene rings is 1. The number of carbonyl (C=O) groups excluding carboxylic acids is 2. The van der Waals surface area contributed by atoms with Crippen molar-refractivity contribution in [3.05, 3.63) is 28.8 Å². The fraction of sp³-hybridized carbons (Fsp3) is 0.556. The molecule has 0 radical (unpaired) electrons. The Morgan fingerprint density at radius 1 is 1.24 bits per heavy atom. The maximum atomic E-state index is 12.2. The van der Waals surface area contributed by atoms with Crippen LogP contribution in [0.1, 0.15) is 24.8 Å². The van der Waals surface area contributed by atoms with E-state index in [0.29, 0.717) is 17.3 Å². The van der Waals surface area contributed by atoms with Gasteiger partial charge in [-0.2, -0.15) is 0 Å². The summed E-state index contributed by atoms with van der Waals surface area (Å²) < 4.78 is 5.41. The van der Waals surface area contributed by atoms with E-state index in [1.54, 1.807) is 18.2 Å². The normalized spacial score (nSPS) is 19.8. The van der Waals surface area contributed by atoms with Gasteiger partial charge in [-0.3, -0.25) is 14.5 Å². The average Bonchev–Trinajstić information content (AvgIpc) is 2.58. The fourth-order valence-corrected chi connectivity index (χ4v) is 3.59. The van der Waals surface area contributed by atoms with Crippen molar-refractivity contribution in [3.63, 3.8) is 0 Å². The molecule has 0 unspecified atom stereocenters. The summed E-state index contributed by atoms with van der Waals surface area (Å²) in [6, 6.07) is 5.18. The number of hydrogen-bond acceptors (Lipinski definition) is 4. The Bertz CT molecular complexity index is 655. The minimum Gasteiger partial charge on any atom is -0.379 e. The number of nitrogens with one attached hydrogen (secondary N) is 2. The Morgan fingerprint density at radius 3 is 2.56 bits per heavy atom. The minimum absolute atomic E-state index is 0.0209. The number of hydrogen-bond donors (Lipinski definition) is 2. The molecule has 1 aromatic carbocycles. The maximum Gasteiger partial charge on any atom is 0.313 e. The van der Waals surface area contributed by atoms with Gasteiger partial charge in [-0.05, 0) is 43.9 Å². The third-order valence-corrected chi connectivity index (χ3v) is 5.59. The van der Waals surface area contributed by atoms with Crippen molar-refractivity contribution in [2.45, 2.75) is 31.7 Å². The van der Waals surface area contributed by atoms with Crippen LogP contribution in [0.15, 0.2) is 18.2 Å². The molecule has 0 atom stereocenters. The van der Waals surface area contributed by atoms with Crippen LogP contribution in [0.4, 0.5) is 5.69 Å². The molecule has 25 heavy (non-hydrogen) atoms. The highest BCUT2D eigenvalue weighted by Crippen LogP contribution is 2.37. The molecule has 1 heterocycles. The van der Waals surface area contributed by atoms with Crippen LogP contribution in [0.5, 0.6) is 0 Å².